The summed E-state index contributed by atoms with van der Waals surface area (Å²) in [4.78, 5) is 17.9. The van der Waals surface area contributed by atoms with E-state index in [4.69, 9.17) is 15.9 Å². The third-order valence-corrected chi connectivity index (χ3v) is 9.20. The van der Waals surface area contributed by atoms with Crippen LogP contribution in [0.2, 0.25) is 0 Å². The summed E-state index contributed by atoms with van der Waals surface area (Å²) in [6, 6.07) is 17.0. The minimum atomic E-state index is -3.75. The minimum Gasteiger partial charge on any atom is -0.486 e. The Kier molecular flexibility index (Phi) is 5.74. The summed E-state index contributed by atoms with van der Waals surface area (Å²) in [6.45, 7) is 1.54. The molecule has 0 atom stereocenters. The summed E-state index contributed by atoms with van der Waals surface area (Å²) in [5, 5.41) is 0. The van der Waals surface area contributed by atoms with Crippen LogP contribution in [0.5, 0.6) is 11.5 Å². The summed E-state index contributed by atoms with van der Waals surface area (Å²) >= 11 is 1.32. The molecule has 8 nitrogen and oxygen atoms in total. The Balaban J connectivity index is 1.33. The molecule has 0 bridgehead atoms. The number of ether oxygens (including phenoxy) is 2. The van der Waals surface area contributed by atoms with Crippen molar-refractivity contribution < 1.29 is 22.7 Å². The number of hydrogen-bond donors (Lipinski definition) is 0. The molecule has 0 aliphatic carbocycles. The van der Waals surface area contributed by atoms with Crippen LogP contribution in [0.1, 0.15) is 15.9 Å². The second-order valence-corrected chi connectivity index (χ2v) is 11.4. The van der Waals surface area contributed by atoms with Gasteiger partial charge in [-0.15, -0.1) is 6.42 Å². The predicted octanol–water partition coefficient (Wildman–Crippen LogP) is 3.60. The molecule has 0 fully saturated rings. The molecule has 0 saturated carbocycles. The van der Waals surface area contributed by atoms with Gasteiger partial charge in [-0.25, -0.2) is 8.42 Å². The van der Waals surface area contributed by atoms with Crippen molar-refractivity contribution in [1.29, 1.82) is 0 Å². The summed E-state index contributed by atoms with van der Waals surface area (Å²) in [5.74, 6) is 3.38. The van der Waals surface area contributed by atoms with E-state index in [1.165, 1.54) is 39.9 Å². The highest BCUT2D eigenvalue weighted by molar-refractivity contribution is 7.92. The highest BCUT2D eigenvalue weighted by atomic mass is 32.2. The monoisotopic (exact) mass is 531 g/mol. The quantitative estimate of drug-likeness (QED) is 0.376. The van der Waals surface area contributed by atoms with Crippen LogP contribution in [0.15, 0.2) is 70.6 Å². The first kappa shape index (κ1) is 23.3. The molecule has 10 heteroatoms. The van der Waals surface area contributed by atoms with Gasteiger partial charge in [0, 0.05) is 24.2 Å². The highest BCUT2D eigenvalue weighted by Crippen LogP contribution is 2.36. The van der Waals surface area contributed by atoms with Crippen LogP contribution in [-0.2, 0) is 23.0 Å². The van der Waals surface area contributed by atoms with Crippen molar-refractivity contribution in [2.45, 2.75) is 17.9 Å². The van der Waals surface area contributed by atoms with Gasteiger partial charge in [-0.05, 0) is 42.3 Å². The van der Waals surface area contributed by atoms with Gasteiger partial charge < -0.3 is 14.0 Å². The van der Waals surface area contributed by atoms with Crippen molar-refractivity contribution >= 4 is 43.2 Å². The molecule has 0 unspecified atom stereocenters. The van der Waals surface area contributed by atoms with Crippen molar-refractivity contribution in [2.24, 2.45) is 4.99 Å². The number of thiazole rings is 1. The topological polar surface area (TPSA) is 90.2 Å². The number of hydrogen-bond acceptors (Lipinski definition) is 6. The molecule has 4 aromatic rings. The highest BCUT2D eigenvalue weighted by Gasteiger charge is 2.30. The summed E-state index contributed by atoms with van der Waals surface area (Å²) < 4.78 is 41.9. The van der Waals surface area contributed by atoms with Crippen LogP contribution in [0.3, 0.4) is 0 Å². The van der Waals surface area contributed by atoms with Crippen LogP contribution in [-0.4, -0.2) is 38.7 Å². The predicted molar refractivity (Wildman–Crippen MR) is 141 cm³/mol. The normalized spacial score (nSPS) is 15.0. The number of amides is 1. The van der Waals surface area contributed by atoms with Gasteiger partial charge in [0.2, 0.25) is 0 Å². The SMILES string of the molecule is C#CCn1c(=NC(=O)c2ccc(S(=O)(=O)N3CCc4ccccc43)cc2)sc2cc3c(cc21)OCCO3. The van der Waals surface area contributed by atoms with Crippen LogP contribution < -0.4 is 18.6 Å². The molecule has 37 heavy (non-hydrogen) atoms. The number of rotatable bonds is 4. The van der Waals surface area contributed by atoms with Crippen LogP contribution in [0.4, 0.5) is 5.69 Å². The lowest BCUT2D eigenvalue weighted by Gasteiger charge is -2.19. The summed E-state index contributed by atoms with van der Waals surface area (Å²) in [5.41, 5.74) is 2.76. The standard InChI is InChI=1S/C27H21N3O5S2/c1-2-12-29-22-16-23-24(35-15-14-34-23)17-25(22)36-27(29)28-26(31)19-7-9-20(10-8-19)37(32,33)30-13-11-18-5-3-4-6-21(18)30/h1,3-10,16-17H,11-15H2. The van der Waals surface area contributed by atoms with Crippen molar-refractivity contribution in [1.82, 2.24) is 4.57 Å². The van der Waals surface area contributed by atoms with Crippen LogP contribution in [0.25, 0.3) is 10.2 Å². The number of aromatic nitrogens is 1. The molecule has 2 aliphatic heterocycles. The van der Waals surface area contributed by atoms with Gasteiger partial charge in [0.05, 0.1) is 27.3 Å². The zero-order valence-electron chi connectivity index (χ0n) is 19.6. The van der Waals surface area contributed by atoms with E-state index in [0.717, 1.165) is 15.8 Å². The second kappa shape index (κ2) is 9.10. The van der Waals surface area contributed by atoms with Crippen molar-refractivity contribution in [3.05, 3.63) is 76.6 Å². The van der Waals surface area contributed by atoms with Crippen molar-refractivity contribution in [3.8, 4) is 23.8 Å². The maximum absolute atomic E-state index is 13.3. The number of carbonyl (C=O) groups excluding carboxylic acids is 1. The Labute approximate surface area is 217 Å². The molecular formula is C27H21N3O5S2. The van der Waals surface area contributed by atoms with Crippen molar-refractivity contribution in [3.63, 3.8) is 0 Å². The van der Waals surface area contributed by atoms with Gasteiger partial charge in [0.1, 0.15) is 13.2 Å². The molecule has 0 N–H and O–H groups in total. The molecule has 0 spiro atoms. The first-order valence-electron chi connectivity index (χ1n) is 11.6. The number of nitrogens with zero attached hydrogens (tertiary/aromatic N) is 3. The zero-order valence-corrected chi connectivity index (χ0v) is 21.2. The Morgan fingerprint density at radius 3 is 2.54 bits per heavy atom. The van der Waals surface area contributed by atoms with Gasteiger partial charge >= 0.3 is 0 Å². The number of carbonyl (C=O) groups is 1. The molecule has 3 heterocycles. The molecule has 186 valence electrons. The maximum atomic E-state index is 13.3. The number of anilines is 1. The number of para-hydroxylation sites is 1. The summed E-state index contributed by atoms with van der Waals surface area (Å²) in [7, 11) is -3.75. The number of terminal acetylenes is 1. The van der Waals surface area contributed by atoms with Gasteiger partial charge in [-0.1, -0.05) is 35.5 Å². The number of benzene rings is 3. The van der Waals surface area contributed by atoms with E-state index in [1.54, 1.807) is 4.57 Å². The average molecular weight is 532 g/mol. The van der Waals surface area contributed by atoms with Gasteiger partial charge in [0.25, 0.3) is 15.9 Å². The molecule has 0 saturated heterocycles. The smallest absolute Gasteiger partial charge is 0.279 e. The molecule has 3 aromatic carbocycles. The fourth-order valence-corrected chi connectivity index (χ4v) is 7.08. The Morgan fingerprint density at radius 1 is 1.05 bits per heavy atom. The number of fused-ring (bicyclic) bond motifs is 3. The van der Waals surface area contributed by atoms with E-state index < -0.39 is 15.9 Å². The fraction of sp³-hybridized carbons (Fsp3) is 0.185. The van der Waals surface area contributed by atoms with E-state index in [-0.39, 0.29) is 17.0 Å². The van der Waals surface area contributed by atoms with Crippen LogP contribution >= 0.6 is 11.3 Å². The Bertz CT molecular complexity index is 1760. The van der Waals surface area contributed by atoms with E-state index in [2.05, 4.69) is 10.9 Å². The fourth-order valence-electron chi connectivity index (χ4n) is 4.54. The van der Waals surface area contributed by atoms with E-state index in [1.807, 2.05) is 36.4 Å². The van der Waals surface area contributed by atoms with E-state index >= 15 is 0 Å². The van der Waals surface area contributed by atoms with Gasteiger partial charge in [-0.3, -0.25) is 9.10 Å². The van der Waals surface area contributed by atoms with Gasteiger partial charge in [-0.2, -0.15) is 4.99 Å². The molecule has 0 radical (unpaired) electrons. The first-order valence-corrected chi connectivity index (χ1v) is 13.9. The molecular weight excluding hydrogens is 510 g/mol. The van der Waals surface area contributed by atoms with E-state index in [0.29, 0.717) is 48.2 Å². The third-order valence-electron chi connectivity index (χ3n) is 6.33. The lowest BCUT2D eigenvalue weighted by atomic mass is 10.2. The van der Waals surface area contributed by atoms with Crippen LogP contribution in [0, 0.1) is 12.3 Å². The third kappa shape index (κ3) is 4.06. The lowest BCUT2D eigenvalue weighted by Crippen LogP contribution is -2.29. The molecule has 6 rings (SSSR count). The van der Waals surface area contributed by atoms with E-state index in [9.17, 15) is 13.2 Å². The Morgan fingerprint density at radius 2 is 1.78 bits per heavy atom. The second-order valence-electron chi connectivity index (χ2n) is 8.54. The molecule has 2 aliphatic rings. The summed E-state index contributed by atoms with van der Waals surface area (Å²) in [6.07, 6.45) is 6.25. The minimum absolute atomic E-state index is 0.121. The van der Waals surface area contributed by atoms with Crippen molar-refractivity contribution in [2.75, 3.05) is 24.1 Å². The maximum Gasteiger partial charge on any atom is 0.279 e. The average Bonchev–Trinajstić information content (AvgIpc) is 3.49. The van der Waals surface area contributed by atoms with Gasteiger partial charge in [0.15, 0.2) is 16.3 Å². The first-order chi connectivity index (χ1) is 18.0. The lowest BCUT2D eigenvalue weighted by molar-refractivity contribution is 0.0998. The zero-order chi connectivity index (χ0) is 25.6. The molecule has 1 amide bonds. The molecule has 1 aromatic heterocycles. The number of sulfonamides is 1. The largest absolute Gasteiger partial charge is 0.486 e. The Hall–Kier alpha value is -4.07.